The van der Waals surface area contributed by atoms with E-state index < -0.39 is 10.1 Å². The maximum atomic E-state index is 11.9. The zero-order valence-electron chi connectivity index (χ0n) is 22.1. The summed E-state index contributed by atoms with van der Waals surface area (Å²) in [5.41, 5.74) is 0. The van der Waals surface area contributed by atoms with E-state index in [0.29, 0.717) is 6.42 Å². The van der Waals surface area contributed by atoms with Crippen LogP contribution in [0.3, 0.4) is 0 Å². The second-order valence-corrected chi connectivity index (χ2v) is 11.3. The fraction of sp³-hybridized carbons (Fsp3) is 0.759. The van der Waals surface area contributed by atoms with Gasteiger partial charge in [-0.3, -0.25) is 9.35 Å². The van der Waals surface area contributed by atoms with Crippen molar-refractivity contribution in [1.29, 1.82) is 0 Å². The predicted molar refractivity (Wildman–Crippen MR) is 145 cm³/mol. The minimum absolute atomic E-state index is 0.216. The van der Waals surface area contributed by atoms with Crippen LogP contribution < -0.4 is 4.74 Å². The minimum atomic E-state index is -4.23. The zero-order valence-corrected chi connectivity index (χ0v) is 23.0. The summed E-state index contributed by atoms with van der Waals surface area (Å²) < 4.78 is 36.2. The molecular formula is C29H50O5S. The highest BCUT2D eigenvalue weighted by molar-refractivity contribution is 7.85. The molecule has 0 saturated carbocycles. The number of carbonyl (C=O) groups is 1. The van der Waals surface area contributed by atoms with Crippen LogP contribution in [0.4, 0.5) is 0 Å². The lowest BCUT2D eigenvalue weighted by atomic mass is 10.0. The van der Waals surface area contributed by atoms with Crippen LogP contribution in [0, 0.1) is 0 Å². The molecule has 1 aromatic carbocycles. The normalized spacial score (nSPS) is 11.6. The van der Waals surface area contributed by atoms with Gasteiger partial charge in [-0.25, -0.2) is 0 Å². The second kappa shape index (κ2) is 20.8. The van der Waals surface area contributed by atoms with Crippen molar-refractivity contribution in [3.05, 3.63) is 24.3 Å². The molecule has 202 valence electrons. The summed E-state index contributed by atoms with van der Waals surface area (Å²) in [4.78, 5) is 11.7. The molecule has 0 heterocycles. The summed E-state index contributed by atoms with van der Waals surface area (Å²) in [6, 6.07) is 5.18. The van der Waals surface area contributed by atoms with Crippen LogP contribution in [-0.2, 0) is 14.9 Å². The van der Waals surface area contributed by atoms with Gasteiger partial charge in [0, 0.05) is 6.42 Å². The smallest absolute Gasteiger partial charge is 0.311 e. The molecule has 0 fully saturated rings. The van der Waals surface area contributed by atoms with Crippen LogP contribution in [0.2, 0.25) is 0 Å². The Hall–Kier alpha value is -1.40. The van der Waals surface area contributed by atoms with Crippen molar-refractivity contribution in [2.75, 3.05) is 0 Å². The molecule has 1 N–H and O–H groups in total. The van der Waals surface area contributed by atoms with Gasteiger partial charge in [0.05, 0.1) is 4.90 Å². The third-order valence-electron chi connectivity index (χ3n) is 6.59. The maximum absolute atomic E-state index is 11.9. The lowest BCUT2D eigenvalue weighted by Gasteiger charge is -2.05. The quantitative estimate of drug-likeness (QED) is 0.0687. The molecule has 6 heteroatoms. The number of rotatable bonds is 23. The van der Waals surface area contributed by atoms with E-state index in [2.05, 4.69) is 6.92 Å². The van der Waals surface area contributed by atoms with Crippen LogP contribution >= 0.6 is 0 Å². The van der Waals surface area contributed by atoms with Gasteiger partial charge in [0.1, 0.15) is 5.75 Å². The monoisotopic (exact) mass is 510 g/mol. The molecule has 0 saturated heterocycles. The molecule has 35 heavy (non-hydrogen) atoms. The maximum Gasteiger partial charge on any atom is 0.311 e. The molecule has 0 unspecified atom stereocenters. The summed E-state index contributed by atoms with van der Waals surface area (Å²) in [6.07, 6.45) is 26.8. The van der Waals surface area contributed by atoms with Gasteiger partial charge in [-0.2, -0.15) is 8.42 Å². The molecule has 5 nitrogen and oxygen atoms in total. The Morgan fingerprint density at radius 2 is 0.971 bits per heavy atom. The highest BCUT2D eigenvalue weighted by Crippen LogP contribution is 2.18. The molecule has 0 radical (unpaired) electrons. The number of esters is 1. The molecule has 0 aliphatic heterocycles. The van der Waals surface area contributed by atoms with E-state index in [1.165, 1.54) is 133 Å². The SMILES string of the molecule is CCCCCCCCCCCCCCCCCCCCCCC(=O)Oc1ccc(S(=O)(=O)O)cc1. The first kappa shape index (κ1) is 31.6. The van der Waals surface area contributed by atoms with Crippen LogP contribution in [0.5, 0.6) is 5.75 Å². The van der Waals surface area contributed by atoms with Crippen molar-refractivity contribution in [2.45, 2.75) is 147 Å². The summed E-state index contributed by atoms with van der Waals surface area (Å²) in [5.74, 6) is -0.0254. The van der Waals surface area contributed by atoms with Gasteiger partial charge in [0.25, 0.3) is 10.1 Å². The minimum Gasteiger partial charge on any atom is -0.427 e. The standard InChI is InChI=1S/C29H50O5S/c1-2-3-4-5-6-7-8-9-10-11-12-13-14-15-16-17-18-19-20-21-22-29(30)34-27-23-25-28(26-24-27)35(31,32)33/h23-26H,2-22H2,1H3,(H,31,32,33). The summed E-state index contributed by atoms with van der Waals surface area (Å²) >= 11 is 0. The van der Waals surface area contributed by atoms with Crippen LogP contribution in [0.1, 0.15) is 142 Å². The number of hydrogen-bond donors (Lipinski definition) is 1. The van der Waals surface area contributed by atoms with Crippen molar-refractivity contribution >= 4 is 16.1 Å². The zero-order chi connectivity index (χ0) is 25.6. The van der Waals surface area contributed by atoms with E-state index in [1.54, 1.807) is 0 Å². The predicted octanol–water partition coefficient (Wildman–Crippen LogP) is 9.05. The van der Waals surface area contributed by atoms with E-state index in [9.17, 15) is 13.2 Å². The van der Waals surface area contributed by atoms with Gasteiger partial charge in [-0.05, 0) is 30.7 Å². The fourth-order valence-electron chi connectivity index (χ4n) is 4.39. The van der Waals surface area contributed by atoms with Crippen LogP contribution in [0.25, 0.3) is 0 Å². The van der Waals surface area contributed by atoms with Crippen LogP contribution in [0.15, 0.2) is 29.2 Å². The first-order valence-electron chi connectivity index (χ1n) is 14.2. The summed E-state index contributed by atoms with van der Waals surface area (Å²) in [6.45, 7) is 2.28. The van der Waals surface area contributed by atoms with Gasteiger partial charge in [-0.15, -0.1) is 0 Å². The van der Waals surface area contributed by atoms with Crippen LogP contribution in [-0.4, -0.2) is 18.9 Å². The number of ether oxygens (including phenoxy) is 1. The van der Waals surface area contributed by atoms with E-state index >= 15 is 0 Å². The van der Waals surface area contributed by atoms with Gasteiger partial charge in [0.15, 0.2) is 0 Å². The van der Waals surface area contributed by atoms with E-state index in [4.69, 9.17) is 9.29 Å². The van der Waals surface area contributed by atoms with Crippen molar-refractivity contribution in [3.63, 3.8) is 0 Å². The summed E-state index contributed by atoms with van der Waals surface area (Å²) in [5, 5.41) is 0. The van der Waals surface area contributed by atoms with Gasteiger partial charge < -0.3 is 4.74 Å². The Kier molecular flexibility index (Phi) is 18.8. The molecule has 0 spiro atoms. The molecule has 1 aromatic rings. The Morgan fingerprint density at radius 3 is 1.31 bits per heavy atom. The average Bonchev–Trinajstić information content (AvgIpc) is 2.82. The molecule has 0 bridgehead atoms. The second-order valence-electron chi connectivity index (χ2n) is 9.89. The topological polar surface area (TPSA) is 80.7 Å². The lowest BCUT2D eigenvalue weighted by Crippen LogP contribution is -2.07. The van der Waals surface area contributed by atoms with E-state index in [-0.39, 0.29) is 16.6 Å². The van der Waals surface area contributed by atoms with Crippen molar-refractivity contribution in [2.24, 2.45) is 0 Å². The molecule has 1 rings (SSSR count). The van der Waals surface area contributed by atoms with E-state index in [1.807, 2.05) is 0 Å². The molecular weight excluding hydrogens is 460 g/mol. The Morgan fingerprint density at radius 1 is 0.629 bits per heavy atom. The summed E-state index contributed by atoms with van der Waals surface area (Å²) in [7, 11) is -4.23. The molecule has 0 amide bonds. The van der Waals surface area contributed by atoms with Crippen molar-refractivity contribution in [1.82, 2.24) is 0 Å². The largest absolute Gasteiger partial charge is 0.427 e. The number of carbonyl (C=O) groups excluding carboxylic acids is 1. The first-order valence-corrected chi connectivity index (χ1v) is 15.7. The van der Waals surface area contributed by atoms with Crippen molar-refractivity contribution in [3.8, 4) is 5.75 Å². The van der Waals surface area contributed by atoms with Gasteiger partial charge in [-0.1, -0.05) is 129 Å². The Balaban J connectivity index is 1.82. The van der Waals surface area contributed by atoms with Gasteiger partial charge >= 0.3 is 5.97 Å². The molecule has 0 atom stereocenters. The Labute approximate surface area is 215 Å². The number of benzene rings is 1. The highest BCUT2D eigenvalue weighted by atomic mass is 32.2. The lowest BCUT2D eigenvalue weighted by molar-refractivity contribution is -0.134. The molecule has 0 aliphatic carbocycles. The third-order valence-corrected chi connectivity index (χ3v) is 7.46. The number of unbranched alkanes of at least 4 members (excludes halogenated alkanes) is 19. The fourth-order valence-corrected chi connectivity index (χ4v) is 4.87. The van der Waals surface area contributed by atoms with E-state index in [0.717, 1.165) is 19.3 Å². The molecule has 0 aromatic heterocycles. The van der Waals surface area contributed by atoms with Crippen molar-refractivity contribution < 1.29 is 22.5 Å². The Bertz CT molecular complexity index is 743. The molecule has 0 aliphatic rings. The first-order chi connectivity index (χ1) is 16.9. The average molecular weight is 511 g/mol. The third kappa shape index (κ3) is 18.5. The van der Waals surface area contributed by atoms with Gasteiger partial charge in [0.2, 0.25) is 0 Å². The number of hydrogen-bond acceptors (Lipinski definition) is 4. The highest BCUT2D eigenvalue weighted by Gasteiger charge is 2.10.